The average molecular weight is 341 g/mol. The number of likely N-dealkylation sites (N-methyl/N-ethyl adjacent to an activating group) is 1. The summed E-state index contributed by atoms with van der Waals surface area (Å²) in [6.07, 6.45) is 4.87. The Labute approximate surface area is 149 Å². The van der Waals surface area contributed by atoms with Crippen LogP contribution in [0.1, 0.15) is 17.0 Å². The third-order valence-corrected chi connectivity index (χ3v) is 4.77. The van der Waals surface area contributed by atoms with Crippen molar-refractivity contribution in [1.82, 2.24) is 20.0 Å². The van der Waals surface area contributed by atoms with Crippen LogP contribution in [0.3, 0.4) is 0 Å². The molecule has 2 atom stereocenters. The Morgan fingerprint density at radius 2 is 2.08 bits per heavy atom. The Morgan fingerprint density at radius 1 is 1.32 bits per heavy atom. The average Bonchev–Trinajstić information content (AvgIpc) is 3.22. The van der Waals surface area contributed by atoms with Crippen molar-refractivity contribution in [2.24, 2.45) is 13.0 Å². The monoisotopic (exact) mass is 341 g/mol. The maximum atomic E-state index is 12.7. The molecule has 1 fully saturated rings. The van der Waals surface area contributed by atoms with Crippen molar-refractivity contribution in [2.75, 3.05) is 39.0 Å². The lowest BCUT2D eigenvalue weighted by atomic mass is 9.90. The molecule has 0 unspecified atom stereocenters. The molecular formula is C19H27N5O. The van der Waals surface area contributed by atoms with Crippen molar-refractivity contribution in [2.45, 2.75) is 12.3 Å². The van der Waals surface area contributed by atoms with Crippen molar-refractivity contribution < 1.29 is 4.79 Å². The smallest absolute Gasteiger partial charge is 0.229 e. The van der Waals surface area contributed by atoms with Gasteiger partial charge in [-0.25, -0.2) is 0 Å². The molecule has 0 aliphatic carbocycles. The molecule has 6 nitrogen and oxygen atoms in total. The fourth-order valence-electron chi connectivity index (χ4n) is 3.28. The number of carbonyl (C=O) groups is 1. The zero-order valence-corrected chi connectivity index (χ0v) is 15.2. The molecule has 6 heteroatoms. The van der Waals surface area contributed by atoms with Crippen LogP contribution in [0.25, 0.3) is 0 Å². The summed E-state index contributed by atoms with van der Waals surface area (Å²) in [4.78, 5) is 14.9. The van der Waals surface area contributed by atoms with Crippen LogP contribution in [0.5, 0.6) is 0 Å². The summed E-state index contributed by atoms with van der Waals surface area (Å²) >= 11 is 0. The van der Waals surface area contributed by atoms with Gasteiger partial charge in [-0.05, 0) is 43.8 Å². The molecule has 2 heterocycles. The zero-order valence-electron chi connectivity index (χ0n) is 15.2. The molecule has 1 aliphatic rings. The number of benzene rings is 1. The van der Waals surface area contributed by atoms with E-state index < -0.39 is 0 Å². The van der Waals surface area contributed by atoms with E-state index in [1.165, 1.54) is 5.56 Å². The summed E-state index contributed by atoms with van der Waals surface area (Å²) in [5, 5.41) is 10.6. The van der Waals surface area contributed by atoms with Gasteiger partial charge in [0, 0.05) is 44.5 Å². The van der Waals surface area contributed by atoms with Crippen LogP contribution in [-0.4, -0.2) is 54.3 Å². The lowest BCUT2D eigenvalue weighted by molar-refractivity contribution is -0.119. The van der Waals surface area contributed by atoms with Gasteiger partial charge in [0.25, 0.3) is 0 Å². The SMILES string of the molecule is CN(C)CCc1ccc(NC(=O)[C@H]2CNC[C@@H]2c2cnn(C)c2)cc1. The van der Waals surface area contributed by atoms with E-state index in [9.17, 15) is 4.79 Å². The lowest BCUT2D eigenvalue weighted by Crippen LogP contribution is -2.28. The van der Waals surface area contributed by atoms with Crippen molar-refractivity contribution in [3.05, 3.63) is 47.8 Å². The molecule has 0 radical (unpaired) electrons. The molecule has 1 aliphatic heterocycles. The molecule has 1 aromatic carbocycles. The molecule has 1 amide bonds. The van der Waals surface area contributed by atoms with Gasteiger partial charge in [-0.3, -0.25) is 9.48 Å². The summed E-state index contributed by atoms with van der Waals surface area (Å²) in [6, 6.07) is 8.16. The normalized spacial score (nSPS) is 20.2. The first-order valence-electron chi connectivity index (χ1n) is 8.76. The molecule has 0 saturated carbocycles. The molecule has 1 saturated heterocycles. The van der Waals surface area contributed by atoms with E-state index in [2.05, 4.69) is 46.9 Å². The summed E-state index contributed by atoms with van der Waals surface area (Å²) in [5.74, 6) is 0.172. The molecule has 3 rings (SSSR count). The molecule has 2 N–H and O–H groups in total. The van der Waals surface area contributed by atoms with E-state index in [0.29, 0.717) is 6.54 Å². The number of nitrogens with zero attached hydrogens (tertiary/aromatic N) is 3. The first-order valence-corrected chi connectivity index (χ1v) is 8.76. The van der Waals surface area contributed by atoms with E-state index in [0.717, 1.165) is 30.8 Å². The number of amides is 1. The van der Waals surface area contributed by atoms with Crippen LogP contribution < -0.4 is 10.6 Å². The van der Waals surface area contributed by atoms with Gasteiger partial charge in [0.1, 0.15) is 0 Å². The van der Waals surface area contributed by atoms with E-state index >= 15 is 0 Å². The fraction of sp³-hybridized carbons (Fsp3) is 0.474. The maximum Gasteiger partial charge on any atom is 0.229 e. The first kappa shape index (κ1) is 17.6. The van der Waals surface area contributed by atoms with E-state index in [1.807, 2.05) is 31.6 Å². The summed E-state index contributed by atoms with van der Waals surface area (Å²) < 4.78 is 1.79. The second-order valence-corrected chi connectivity index (χ2v) is 7.06. The molecule has 2 aromatic rings. The molecule has 134 valence electrons. The predicted octanol–water partition coefficient (Wildman–Crippen LogP) is 1.47. The summed E-state index contributed by atoms with van der Waals surface area (Å²) in [7, 11) is 6.05. The molecule has 0 spiro atoms. The minimum atomic E-state index is -0.0717. The Bertz CT molecular complexity index is 707. The Hall–Kier alpha value is -2.18. The van der Waals surface area contributed by atoms with Crippen LogP contribution in [-0.2, 0) is 18.3 Å². The summed E-state index contributed by atoms with van der Waals surface area (Å²) in [5.41, 5.74) is 3.25. The van der Waals surface area contributed by atoms with Gasteiger partial charge in [-0.15, -0.1) is 0 Å². The Morgan fingerprint density at radius 3 is 2.72 bits per heavy atom. The zero-order chi connectivity index (χ0) is 17.8. The number of carbonyl (C=O) groups excluding carboxylic acids is 1. The number of anilines is 1. The molecule has 1 aromatic heterocycles. The van der Waals surface area contributed by atoms with Crippen molar-refractivity contribution in [3.8, 4) is 0 Å². The Balaban J connectivity index is 1.61. The highest BCUT2D eigenvalue weighted by molar-refractivity contribution is 5.93. The van der Waals surface area contributed by atoms with Crippen LogP contribution in [0.15, 0.2) is 36.7 Å². The molecule has 0 bridgehead atoms. The predicted molar refractivity (Wildman–Crippen MR) is 99.6 cm³/mol. The molecular weight excluding hydrogens is 314 g/mol. The second-order valence-electron chi connectivity index (χ2n) is 7.06. The van der Waals surface area contributed by atoms with Crippen LogP contribution >= 0.6 is 0 Å². The minimum Gasteiger partial charge on any atom is -0.326 e. The highest BCUT2D eigenvalue weighted by atomic mass is 16.1. The number of nitrogens with one attached hydrogen (secondary N) is 2. The highest BCUT2D eigenvalue weighted by Gasteiger charge is 2.34. The second kappa shape index (κ2) is 7.80. The van der Waals surface area contributed by atoms with Crippen LogP contribution in [0.2, 0.25) is 0 Å². The van der Waals surface area contributed by atoms with Crippen molar-refractivity contribution in [3.63, 3.8) is 0 Å². The highest BCUT2D eigenvalue weighted by Crippen LogP contribution is 2.28. The number of hydrogen-bond donors (Lipinski definition) is 2. The van der Waals surface area contributed by atoms with Gasteiger partial charge in [-0.2, -0.15) is 5.10 Å². The first-order chi connectivity index (χ1) is 12.0. The summed E-state index contributed by atoms with van der Waals surface area (Å²) in [6.45, 7) is 2.53. The number of aromatic nitrogens is 2. The standard InChI is InChI=1S/C19H27N5O/c1-23(2)9-8-14-4-6-16(7-5-14)22-19(25)18-12-20-11-17(18)15-10-21-24(3)13-15/h4-7,10,13,17-18,20H,8-9,11-12H2,1-3H3,(H,22,25)/t17-,18+/m1/s1. The number of aryl methyl sites for hydroxylation is 1. The number of hydrogen-bond acceptors (Lipinski definition) is 4. The lowest BCUT2D eigenvalue weighted by Gasteiger charge is -2.17. The van der Waals surface area contributed by atoms with Gasteiger partial charge < -0.3 is 15.5 Å². The van der Waals surface area contributed by atoms with Crippen molar-refractivity contribution >= 4 is 11.6 Å². The van der Waals surface area contributed by atoms with E-state index in [1.54, 1.807) is 4.68 Å². The van der Waals surface area contributed by atoms with Crippen LogP contribution in [0, 0.1) is 5.92 Å². The van der Waals surface area contributed by atoms with E-state index in [-0.39, 0.29) is 17.7 Å². The minimum absolute atomic E-state index is 0.0693. The van der Waals surface area contributed by atoms with Gasteiger partial charge in [-0.1, -0.05) is 12.1 Å². The quantitative estimate of drug-likeness (QED) is 0.835. The molecule has 25 heavy (non-hydrogen) atoms. The third kappa shape index (κ3) is 4.46. The fourth-order valence-corrected chi connectivity index (χ4v) is 3.28. The van der Waals surface area contributed by atoms with Crippen molar-refractivity contribution in [1.29, 1.82) is 0 Å². The topological polar surface area (TPSA) is 62.2 Å². The van der Waals surface area contributed by atoms with Gasteiger partial charge in [0.15, 0.2) is 0 Å². The van der Waals surface area contributed by atoms with Crippen LogP contribution in [0.4, 0.5) is 5.69 Å². The van der Waals surface area contributed by atoms with Gasteiger partial charge in [0.05, 0.1) is 12.1 Å². The largest absolute Gasteiger partial charge is 0.326 e. The number of rotatable bonds is 6. The third-order valence-electron chi connectivity index (χ3n) is 4.77. The van der Waals surface area contributed by atoms with E-state index in [4.69, 9.17) is 0 Å². The maximum absolute atomic E-state index is 12.7. The Kier molecular flexibility index (Phi) is 5.50. The van der Waals surface area contributed by atoms with Gasteiger partial charge >= 0.3 is 0 Å². The van der Waals surface area contributed by atoms with Gasteiger partial charge in [0.2, 0.25) is 5.91 Å².